The van der Waals surface area contributed by atoms with E-state index in [-0.39, 0.29) is 27.9 Å². The van der Waals surface area contributed by atoms with Crippen molar-refractivity contribution in [1.29, 1.82) is 0 Å². The molecule has 0 spiro atoms. The molecule has 0 saturated carbocycles. The van der Waals surface area contributed by atoms with Crippen molar-refractivity contribution in [2.45, 2.75) is 6.54 Å². The maximum Gasteiger partial charge on any atom is 0.357 e. The predicted molar refractivity (Wildman–Crippen MR) is 90.9 cm³/mol. The number of halogens is 2. The number of aromatic carboxylic acids is 1. The summed E-state index contributed by atoms with van der Waals surface area (Å²) in [5.41, 5.74) is 0.319. The first-order chi connectivity index (χ1) is 12.3. The first kappa shape index (κ1) is 17.6. The third kappa shape index (κ3) is 3.72. The second-order valence-electron chi connectivity index (χ2n) is 5.47. The summed E-state index contributed by atoms with van der Waals surface area (Å²) in [5, 5.41) is 19.6. The minimum absolute atomic E-state index is 0.0824. The molecule has 2 aromatic heterocycles. The molecule has 0 aliphatic rings. The number of hydrogen-bond acceptors (Lipinski definition) is 4. The van der Waals surface area contributed by atoms with Crippen LogP contribution in [0.3, 0.4) is 0 Å². The van der Waals surface area contributed by atoms with Crippen LogP contribution in [0.2, 0.25) is 5.02 Å². The van der Waals surface area contributed by atoms with E-state index in [0.29, 0.717) is 6.54 Å². The number of carbonyl (C=O) groups excluding carboxylic acids is 1. The van der Waals surface area contributed by atoms with E-state index in [1.165, 1.54) is 40.9 Å². The maximum absolute atomic E-state index is 12.9. The van der Waals surface area contributed by atoms with Gasteiger partial charge in [-0.3, -0.25) is 14.2 Å². The molecule has 1 aromatic carbocycles. The fourth-order valence-corrected chi connectivity index (χ4v) is 2.52. The minimum Gasteiger partial charge on any atom is -0.476 e. The number of amides is 1. The van der Waals surface area contributed by atoms with E-state index < -0.39 is 11.9 Å². The van der Waals surface area contributed by atoms with Crippen LogP contribution in [-0.4, -0.2) is 36.5 Å². The Morgan fingerprint density at radius 3 is 2.58 bits per heavy atom. The van der Waals surface area contributed by atoms with Gasteiger partial charge >= 0.3 is 5.97 Å². The van der Waals surface area contributed by atoms with Crippen LogP contribution in [0.1, 0.15) is 26.4 Å². The molecule has 0 atom stereocenters. The lowest BCUT2D eigenvalue weighted by Gasteiger charge is -2.03. The Balaban J connectivity index is 1.78. The molecule has 0 radical (unpaired) electrons. The number of anilines is 1. The van der Waals surface area contributed by atoms with Gasteiger partial charge in [0.05, 0.1) is 12.1 Å². The standard InChI is InChI=1S/C16H13ClFN5O3/c1-22-7-11(13(20-22)16(25)26)15(24)19-14-12(17)8-23(21-14)6-9-2-4-10(18)5-3-9/h2-5,7-8H,6H2,1H3,(H,25,26)(H,19,21,24). The predicted octanol–water partition coefficient (Wildman–Crippen LogP) is 2.41. The van der Waals surface area contributed by atoms with E-state index in [4.69, 9.17) is 16.7 Å². The zero-order valence-electron chi connectivity index (χ0n) is 13.5. The van der Waals surface area contributed by atoms with Crippen LogP contribution in [0.25, 0.3) is 0 Å². The van der Waals surface area contributed by atoms with Gasteiger partial charge in [0.2, 0.25) is 0 Å². The fraction of sp³-hybridized carbons (Fsp3) is 0.125. The van der Waals surface area contributed by atoms with Crippen molar-refractivity contribution in [3.8, 4) is 0 Å². The topological polar surface area (TPSA) is 102 Å². The summed E-state index contributed by atoms with van der Waals surface area (Å²) in [7, 11) is 1.51. The van der Waals surface area contributed by atoms with Crippen molar-refractivity contribution < 1.29 is 19.1 Å². The van der Waals surface area contributed by atoms with Crippen LogP contribution < -0.4 is 5.32 Å². The molecule has 3 aromatic rings. The fourth-order valence-electron chi connectivity index (χ4n) is 2.33. The maximum atomic E-state index is 12.9. The zero-order chi connectivity index (χ0) is 18.8. The Hall–Kier alpha value is -3.20. The average Bonchev–Trinajstić information content (AvgIpc) is 3.13. The van der Waals surface area contributed by atoms with Gasteiger partial charge in [0, 0.05) is 19.4 Å². The van der Waals surface area contributed by atoms with E-state index in [2.05, 4.69) is 15.5 Å². The minimum atomic E-state index is -1.32. The number of nitrogens with one attached hydrogen (secondary N) is 1. The lowest BCUT2D eigenvalue weighted by molar-refractivity contribution is 0.0685. The molecule has 10 heteroatoms. The van der Waals surface area contributed by atoms with Crippen LogP contribution in [-0.2, 0) is 13.6 Å². The number of aryl methyl sites for hydroxylation is 1. The zero-order valence-corrected chi connectivity index (χ0v) is 14.2. The van der Waals surface area contributed by atoms with Gasteiger partial charge in [0.15, 0.2) is 11.5 Å². The van der Waals surface area contributed by atoms with Gasteiger partial charge in [-0.05, 0) is 17.7 Å². The first-order valence-electron chi connectivity index (χ1n) is 7.39. The van der Waals surface area contributed by atoms with E-state index in [0.717, 1.165) is 5.56 Å². The summed E-state index contributed by atoms with van der Waals surface area (Å²) in [4.78, 5) is 23.5. The summed E-state index contributed by atoms with van der Waals surface area (Å²) in [6.45, 7) is 0.323. The van der Waals surface area contributed by atoms with Crippen molar-refractivity contribution in [3.63, 3.8) is 0 Å². The number of carboxylic acids is 1. The molecule has 0 fully saturated rings. The van der Waals surface area contributed by atoms with Crippen LogP contribution in [0.4, 0.5) is 10.2 Å². The molecular formula is C16H13ClFN5O3. The molecule has 0 unspecified atom stereocenters. The lowest BCUT2D eigenvalue weighted by Crippen LogP contribution is -2.16. The molecule has 0 aliphatic heterocycles. The second-order valence-corrected chi connectivity index (χ2v) is 5.88. The van der Waals surface area contributed by atoms with Gasteiger partial charge in [-0.15, -0.1) is 0 Å². The number of carbonyl (C=O) groups is 2. The quantitative estimate of drug-likeness (QED) is 0.710. The van der Waals surface area contributed by atoms with Crippen LogP contribution in [0.5, 0.6) is 0 Å². The van der Waals surface area contributed by atoms with Gasteiger partial charge in [-0.25, -0.2) is 9.18 Å². The number of benzene rings is 1. The largest absolute Gasteiger partial charge is 0.476 e. The molecule has 0 aliphatic carbocycles. The Kier molecular flexibility index (Phi) is 4.72. The average molecular weight is 378 g/mol. The smallest absolute Gasteiger partial charge is 0.357 e. The lowest BCUT2D eigenvalue weighted by atomic mass is 10.2. The van der Waals surface area contributed by atoms with Gasteiger partial charge < -0.3 is 10.4 Å². The Morgan fingerprint density at radius 1 is 1.23 bits per heavy atom. The molecule has 26 heavy (non-hydrogen) atoms. The highest BCUT2D eigenvalue weighted by molar-refractivity contribution is 6.33. The first-order valence-corrected chi connectivity index (χ1v) is 7.77. The molecule has 0 saturated heterocycles. The molecule has 134 valence electrons. The van der Waals surface area contributed by atoms with E-state index >= 15 is 0 Å². The molecule has 3 rings (SSSR count). The highest BCUT2D eigenvalue weighted by atomic mass is 35.5. The summed E-state index contributed by atoms with van der Waals surface area (Å²) in [6, 6.07) is 5.88. The Labute approximate surface area is 151 Å². The SMILES string of the molecule is Cn1cc(C(=O)Nc2nn(Cc3ccc(F)cc3)cc2Cl)c(C(=O)O)n1. The molecule has 2 N–H and O–H groups in total. The summed E-state index contributed by atoms with van der Waals surface area (Å²) >= 11 is 6.08. The van der Waals surface area contributed by atoms with Crippen molar-refractivity contribution >= 4 is 29.3 Å². The van der Waals surface area contributed by atoms with Gasteiger partial charge in [0.1, 0.15) is 10.8 Å². The van der Waals surface area contributed by atoms with E-state index in [1.54, 1.807) is 12.1 Å². The third-order valence-corrected chi connectivity index (χ3v) is 3.76. The summed E-state index contributed by atoms with van der Waals surface area (Å²) < 4.78 is 15.7. The molecule has 0 bridgehead atoms. The number of aromatic nitrogens is 4. The second kappa shape index (κ2) is 6.96. The number of carboxylic acid groups (broad SMARTS) is 1. The van der Waals surface area contributed by atoms with Crippen molar-refractivity contribution in [2.24, 2.45) is 7.05 Å². The monoisotopic (exact) mass is 377 g/mol. The summed E-state index contributed by atoms with van der Waals surface area (Å²) in [6.07, 6.45) is 2.80. The third-order valence-electron chi connectivity index (χ3n) is 3.48. The molecular weight excluding hydrogens is 365 g/mol. The molecule has 2 heterocycles. The summed E-state index contributed by atoms with van der Waals surface area (Å²) in [5.74, 6) is -2.27. The van der Waals surface area contributed by atoms with Crippen molar-refractivity contribution in [2.75, 3.05) is 5.32 Å². The van der Waals surface area contributed by atoms with Crippen molar-refractivity contribution in [3.05, 3.63) is 64.3 Å². The Bertz CT molecular complexity index is 980. The number of nitrogens with zero attached hydrogens (tertiary/aromatic N) is 4. The van der Waals surface area contributed by atoms with Crippen LogP contribution >= 0.6 is 11.6 Å². The normalized spacial score (nSPS) is 10.7. The van der Waals surface area contributed by atoms with Crippen LogP contribution in [0, 0.1) is 5.82 Å². The molecule has 8 nitrogen and oxygen atoms in total. The van der Waals surface area contributed by atoms with Gasteiger partial charge in [-0.1, -0.05) is 23.7 Å². The number of rotatable bonds is 5. The van der Waals surface area contributed by atoms with E-state index in [1.807, 2.05) is 0 Å². The van der Waals surface area contributed by atoms with Gasteiger partial charge in [-0.2, -0.15) is 10.2 Å². The van der Waals surface area contributed by atoms with E-state index in [9.17, 15) is 14.0 Å². The molecule has 1 amide bonds. The van der Waals surface area contributed by atoms with Crippen molar-refractivity contribution in [1.82, 2.24) is 19.6 Å². The highest BCUT2D eigenvalue weighted by Gasteiger charge is 2.22. The number of hydrogen-bond donors (Lipinski definition) is 2. The van der Waals surface area contributed by atoms with Crippen LogP contribution in [0.15, 0.2) is 36.7 Å². The Morgan fingerprint density at radius 2 is 1.92 bits per heavy atom. The van der Waals surface area contributed by atoms with Gasteiger partial charge in [0.25, 0.3) is 5.91 Å². The highest BCUT2D eigenvalue weighted by Crippen LogP contribution is 2.21.